The van der Waals surface area contributed by atoms with Crippen LogP contribution in [0.5, 0.6) is 0 Å². The van der Waals surface area contributed by atoms with Gasteiger partial charge in [0.2, 0.25) is 0 Å². The van der Waals surface area contributed by atoms with Crippen molar-refractivity contribution in [2.24, 2.45) is 0 Å². The van der Waals surface area contributed by atoms with Crippen LogP contribution < -0.4 is 4.31 Å². The Hall–Kier alpha value is -2.60. The van der Waals surface area contributed by atoms with E-state index in [1.54, 1.807) is 36.4 Å². The average molecular weight is 331 g/mol. The fourth-order valence-corrected chi connectivity index (χ4v) is 3.31. The molecule has 5 nitrogen and oxygen atoms in total. The summed E-state index contributed by atoms with van der Waals surface area (Å²) in [5.41, 5.74) is 1.26. The highest BCUT2D eigenvalue weighted by Crippen LogP contribution is 2.26. The van der Waals surface area contributed by atoms with Gasteiger partial charge < -0.3 is 4.74 Å². The minimum atomic E-state index is -3.79. The maximum atomic E-state index is 12.7. The number of ether oxygens (including phenoxy) is 1. The molecule has 120 valence electrons. The van der Waals surface area contributed by atoms with Gasteiger partial charge in [-0.3, -0.25) is 4.31 Å². The zero-order chi connectivity index (χ0) is 17.0. The summed E-state index contributed by atoms with van der Waals surface area (Å²) in [4.78, 5) is 12.0. The molecule has 6 heteroatoms. The van der Waals surface area contributed by atoms with E-state index >= 15 is 0 Å². The second-order valence-electron chi connectivity index (χ2n) is 4.75. The summed E-state index contributed by atoms with van der Waals surface area (Å²) in [6.07, 6.45) is 1.63. The molecule has 0 aliphatic rings. The summed E-state index contributed by atoms with van der Waals surface area (Å²) in [5.74, 6) is -0.593. The molecule has 0 amide bonds. The highest BCUT2D eigenvalue weighted by Gasteiger charge is 2.25. The van der Waals surface area contributed by atoms with Crippen molar-refractivity contribution in [3.05, 3.63) is 66.2 Å². The number of methoxy groups -OCH3 is 1. The maximum absolute atomic E-state index is 12.7. The maximum Gasteiger partial charge on any atom is 0.340 e. The van der Waals surface area contributed by atoms with Crippen molar-refractivity contribution in [1.82, 2.24) is 0 Å². The molecular weight excluding hydrogens is 314 g/mol. The van der Waals surface area contributed by atoms with Crippen molar-refractivity contribution in [1.29, 1.82) is 0 Å². The number of hydrogen-bond donors (Lipinski definition) is 0. The van der Waals surface area contributed by atoms with Gasteiger partial charge in [0.05, 0.1) is 23.3 Å². The smallest absolute Gasteiger partial charge is 0.340 e. The van der Waals surface area contributed by atoms with E-state index in [1.807, 2.05) is 0 Å². The van der Waals surface area contributed by atoms with Crippen LogP contribution in [0.4, 0.5) is 5.69 Å². The molecular formula is C17H17NO4S. The van der Waals surface area contributed by atoms with Gasteiger partial charge in [0, 0.05) is 7.05 Å². The van der Waals surface area contributed by atoms with E-state index in [0.717, 1.165) is 9.87 Å². The SMILES string of the molecule is C=Cc1ccc(S(=O)(=O)N(C)c2ccccc2C(=O)OC)cc1. The summed E-state index contributed by atoms with van der Waals surface area (Å²) in [5, 5.41) is 0. The molecule has 2 aromatic rings. The third-order valence-corrected chi connectivity index (χ3v) is 5.21. The van der Waals surface area contributed by atoms with Gasteiger partial charge in [-0.15, -0.1) is 0 Å². The lowest BCUT2D eigenvalue weighted by molar-refractivity contribution is 0.0601. The number of para-hydroxylation sites is 1. The van der Waals surface area contributed by atoms with E-state index in [2.05, 4.69) is 6.58 Å². The van der Waals surface area contributed by atoms with Gasteiger partial charge >= 0.3 is 5.97 Å². The van der Waals surface area contributed by atoms with Gasteiger partial charge in [-0.25, -0.2) is 13.2 Å². The van der Waals surface area contributed by atoms with E-state index in [4.69, 9.17) is 4.74 Å². The van der Waals surface area contributed by atoms with E-state index in [1.165, 1.54) is 32.4 Å². The van der Waals surface area contributed by atoms with Gasteiger partial charge in [0.25, 0.3) is 10.0 Å². The van der Waals surface area contributed by atoms with Gasteiger partial charge in [-0.1, -0.05) is 36.9 Å². The van der Waals surface area contributed by atoms with Gasteiger partial charge in [0.15, 0.2) is 0 Å². The summed E-state index contributed by atoms with van der Waals surface area (Å²) in [7, 11) is -1.14. The minimum absolute atomic E-state index is 0.130. The molecule has 23 heavy (non-hydrogen) atoms. The predicted molar refractivity (Wildman–Crippen MR) is 89.9 cm³/mol. The Morgan fingerprint density at radius 2 is 1.74 bits per heavy atom. The number of benzene rings is 2. The molecule has 0 unspecified atom stereocenters. The third kappa shape index (κ3) is 3.27. The molecule has 0 bridgehead atoms. The summed E-state index contributed by atoms with van der Waals surface area (Å²) in [6.45, 7) is 3.63. The van der Waals surface area contributed by atoms with Crippen LogP contribution in [0.15, 0.2) is 60.0 Å². The van der Waals surface area contributed by atoms with Crippen LogP contribution in [0.1, 0.15) is 15.9 Å². The molecule has 0 saturated heterocycles. The number of esters is 1. The molecule has 0 radical (unpaired) electrons. The Morgan fingerprint density at radius 3 is 2.30 bits per heavy atom. The van der Waals surface area contributed by atoms with E-state index < -0.39 is 16.0 Å². The normalized spacial score (nSPS) is 10.9. The zero-order valence-electron chi connectivity index (χ0n) is 12.9. The predicted octanol–water partition coefficient (Wildman–Crippen LogP) is 2.94. The minimum Gasteiger partial charge on any atom is -0.465 e. The van der Waals surface area contributed by atoms with Crippen LogP contribution in [-0.4, -0.2) is 28.5 Å². The number of rotatable bonds is 5. The van der Waals surface area contributed by atoms with E-state index in [-0.39, 0.29) is 16.1 Å². The van der Waals surface area contributed by atoms with Crippen LogP contribution >= 0.6 is 0 Å². The largest absolute Gasteiger partial charge is 0.465 e. The molecule has 2 rings (SSSR count). The lowest BCUT2D eigenvalue weighted by atomic mass is 10.2. The number of carbonyl (C=O) groups excluding carboxylic acids is 1. The number of nitrogens with zero attached hydrogens (tertiary/aromatic N) is 1. The third-order valence-electron chi connectivity index (χ3n) is 3.42. The van der Waals surface area contributed by atoms with E-state index in [9.17, 15) is 13.2 Å². The first-order valence-corrected chi connectivity index (χ1v) is 8.24. The van der Waals surface area contributed by atoms with Crippen LogP contribution in [0.25, 0.3) is 6.08 Å². The average Bonchev–Trinajstić information content (AvgIpc) is 2.60. The molecule has 0 fully saturated rings. The fourth-order valence-electron chi connectivity index (χ4n) is 2.09. The molecule has 0 heterocycles. The molecule has 2 aromatic carbocycles. The summed E-state index contributed by atoms with van der Waals surface area (Å²) in [6, 6.07) is 12.7. The van der Waals surface area contributed by atoms with Crippen molar-refractivity contribution in [3.63, 3.8) is 0 Å². The lowest BCUT2D eigenvalue weighted by Crippen LogP contribution is -2.28. The van der Waals surface area contributed by atoms with Crippen molar-refractivity contribution in [2.45, 2.75) is 4.90 Å². The Balaban J connectivity index is 2.48. The first kappa shape index (κ1) is 16.8. The molecule has 0 atom stereocenters. The highest BCUT2D eigenvalue weighted by molar-refractivity contribution is 7.92. The van der Waals surface area contributed by atoms with Gasteiger partial charge in [-0.05, 0) is 29.8 Å². The monoisotopic (exact) mass is 331 g/mol. The Morgan fingerprint density at radius 1 is 1.13 bits per heavy atom. The Labute approximate surface area is 135 Å². The summed E-state index contributed by atoms with van der Waals surface area (Å²) < 4.78 is 31.3. The van der Waals surface area contributed by atoms with Gasteiger partial charge in [-0.2, -0.15) is 0 Å². The topological polar surface area (TPSA) is 63.7 Å². The fraction of sp³-hybridized carbons (Fsp3) is 0.118. The quantitative estimate of drug-likeness (QED) is 0.790. The lowest BCUT2D eigenvalue weighted by Gasteiger charge is -2.21. The van der Waals surface area contributed by atoms with Crippen molar-refractivity contribution in [3.8, 4) is 0 Å². The van der Waals surface area contributed by atoms with Crippen LogP contribution in [-0.2, 0) is 14.8 Å². The van der Waals surface area contributed by atoms with Crippen molar-refractivity contribution >= 4 is 27.8 Å². The molecule has 0 aliphatic heterocycles. The summed E-state index contributed by atoms with van der Waals surface area (Å²) >= 11 is 0. The second kappa shape index (κ2) is 6.66. The van der Waals surface area contributed by atoms with Crippen molar-refractivity contribution in [2.75, 3.05) is 18.5 Å². The van der Waals surface area contributed by atoms with Crippen LogP contribution in [0.2, 0.25) is 0 Å². The number of carbonyl (C=O) groups is 1. The zero-order valence-corrected chi connectivity index (χ0v) is 13.7. The highest BCUT2D eigenvalue weighted by atomic mass is 32.2. The molecule has 0 saturated carbocycles. The van der Waals surface area contributed by atoms with Gasteiger partial charge in [0.1, 0.15) is 0 Å². The number of sulfonamides is 1. The number of anilines is 1. The second-order valence-corrected chi connectivity index (χ2v) is 6.72. The van der Waals surface area contributed by atoms with Crippen LogP contribution in [0, 0.1) is 0 Å². The first-order valence-electron chi connectivity index (χ1n) is 6.80. The molecule has 0 N–H and O–H groups in total. The van der Waals surface area contributed by atoms with Crippen molar-refractivity contribution < 1.29 is 17.9 Å². The van der Waals surface area contributed by atoms with Crippen LogP contribution in [0.3, 0.4) is 0 Å². The first-order chi connectivity index (χ1) is 10.9. The Kier molecular flexibility index (Phi) is 4.86. The molecule has 0 spiro atoms. The number of hydrogen-bond acceptors (Lipinski definition) is 4. The standard InChI is InChI=1S/C17H17NO4S/c1-4-13-9-11-14(12-10-13)23(20,21)18(2)16-8-6-5-7-15(16)17(19)22-3/h4-12H,1H2,2-3H3. The molecule has 0 aromatic heterocycles. The van der Waals surface area contributed by atoms with E-state index in [0.29, 0.717) is 0 Å². The molecule has 0 aliphatic carbocycles. The Bertz CT molecular complexity index is 826.